The summed E-state index contributed by atoms with van der Waals surface area (Å²) in [5.74, 6) is 1.86. The van der Waals surface area contributed by atoms with Crippen molar-refractivity contribution in [3.63, 3.8) is 0 Å². The van der Waals surface area contributed by atoms with Gasteiger partial charge in [0.05, 0.1) is 32.2 Å². The predicted octanol–water partition coefficient (Wildman–Crippen LogP) is 3.99. The molecule has 1 fully saturated rings. The van der Waals surface area contributed by atoms with Gasteiger partial charge < -0.3 is 0 Å². The lowest BCUT2D eigenvalue weighted by atomic mass is 9.61. The average molecular weight is 633 g/mol. The van der Waals surface area contributed by atoms with Crippen molar-refractivity contribution in [3.8, 4) is 5.69 Å². The fraction of sp³-hybridized carbons (Fsp3) is 0.321. The third-order valence-electron chi connectivity index (χ3n) is 7.95. The molecule has 3 atom stereocenters. The molecule has 0 N–H and O–H groups in total. The van der Waals surface area contributed by atoms with E-state index < -0.39 is 51.3 Å². The number of fused-ring (bicyclic) bond motifs is 2. The largest absolute Gasteiger partial charge is 0.402 e. The van der Waals surface area contributed by atoms with Crippen LogP contribution in [0.25, 0.3) is 11.8 Å². The number of carbonyl (C=O) groups is 1. The average Bonchev–Trinajstić information content (AvgIpc) is 3.60. The molecule has 0 amide bonds. The van der Waals surface area contributed by atoms with Crippen LogP contribution < -0.4 is 0 Å². The number of pyridine rings is 1. The molecule has 1 unspecified atom stereocenters. The minimum Gasteiger partial charge on any atom is -0.291 e. The molecule has 44 heavy (non-hydrogen) atoms. The molecule has 230 valence electrons. The van der Waals surface area contributed by atoms with E-state index in [0.29, 0.717) is 22.6 Å². The first-order valence-corrected chi connectivity index (χ1v) is 15.1. The molecule has 0 bridgehead atoms. The molecule has 4 aromatic rings. The monoisotopic (exact) mass is 632 g/mol. The molecule has 2 aliphatic carbocycles. The fourth-order valence-electron chi connectivity index (χ4n) is 5.97. The van der Waals surface area contributed by atoms with Crippen LogP contribution >= 0.6 is 0 Å². The zero-order valence-corrected chi connectivity index (χ0v) is 24.0. The molecular formula is C28H25F5N8O2S. The van der Waals surface area contributed by atoms with Gasteiger partial charge in [-0.05, 0) is 61.5 Å². The highest BCUT2D eigenvalue weighted by atomic mass is 32.2. The summed E-state index contributed by atoms with van der Waals surface area (Å²) in [7, 11) is -2.39. The summed E-state index contributed by atoms with van der Waals surface area (Å²) in [6.45, 7) is -1.59. The van der Waals surface area contributed by atoms with Crippen LogP contribution in [-0.4, -0.2) is 73.7 Å². The first-order chi connectivity index (χ1) is 20.8. The number of aromatic nitrogens is 7. The van der Waals surface area contributed by atoms with Crippen LogP contribution in [0.5, 0.6) is 0 Å². The minimum atomic E-state index is -4.77. The van der Waals surface area contributed by atoms with Crippen LogP contribution in [-0.2, 0) is 23.2 Å². The number of hydrogen-bond acceptors (Lipinski definition) is 7. The molecule has 1 saturated carbocycles. The van der Waals surface area contributed by atoms with Gasteiger partial charge in [-0.15, -0.1) is 10.2 Å². The number of aryl methyl sites for hydroxylation is 1. The summed E-state index contributed by atoms with van der Waals surface area (Å²) in [6, 6.07) is 6.51. The lowest BCUT2D eigenvalue weighted by Gasteiger charge is -2.46. The SMILES string of the molecule is C=S(=O)(c1ncn(C)n1)N(CC(F)(F)F)[C@H]1CCC2=Cc3c(nnn3-c3ccc(F)cc3)C[C@]2(C(=O)c2cc(F)ccn2)C1. The standard InChI is InChI=1S/C28H25F5N8O2S/c1-39-16-35-26(37-39)44(2,43)40(15-28(31,32)33)21-6-3-17-11-24-23(36-38-41(24)20-7-4-18(29)5-8-20)14-27(17,13-21)25(42)22-12-19(30)9-10-34-22/h4-5,7-12,16,21H,2-3,6,13-15H2,1H3/t21-,27+,44?/m0/s1. The van der Waals surface area contributed by atoms with Gasteiger partial charge in [0.1, 0.15) is 30.2 Å². The number of benzene rings is 1. The highest BCUT2D eigenvalue weighted by Gasteiger charge is 2.53. The lowest BCUT2D eigenvalue weighted by molar-refractivity contribution is -0.140. The van der Waals surface area contributed by atoms with Gasteiger partial charge in [0, 0.05) is 31.8 Å². The molecular weight excluding hydrogens is 607 g/mol. The number of halogens is 5. The predicted molar refractivity (Wildman–Crippen MR) is 149 cm³/mol. The van der Waals surface area contributed by atoms with Crippen molar-refractivity contribution in [1.82, 2.24) is 39.0 Å². The lowest BCUT2D eigenvalue weighted by Crippen LogP contribution is -2.53. The Bertz CT molecular complexity index is 1880. The van der Waals surface area contributed by atoms with E-state index in [1.807, 2.05) is 0 Å². The normalized spacial score (nSPS) is 21.3. The number of hydrogen-bond donors (Lipinski definition) is 0. The molecule has 16 heteroatoms. The van der Waals surface area contributed by atoms with E-state index in [0.717, 1.165) is 22.6 Å². The van der Waals surface area contributed by atoms with Gasteiger partial charge in [-0.3, -0.25) is 14.5 Å². The van der Waals surface area contributed by atoms with Gasteiger partial charge in [-0.25, -0.2) is 27.0 Å². The Morgan fingerprint density at radius 3 is 2.57 bits per heavy atom. The minimum absolute atomic E-state index is 0.0836. The first-order valence-electron chi connectivity index (χ1n) is 13.4. The van der Waals surface area contributed by atoms with Crippen molar-refractivity contribution in [2.45, 2.75) is 43.1 Å². The maximum atomic E-state index is 14.3. The number of carbonyl (C=O) groups excluding carboxylic acids is 1. The fourth-order valence-corrected chi connectivity index (χ4v) is 7.66. The third-order valence-corrected chi connectivity index (χ3v) is 9.89. The third kappa shape index (κ3) is 5.32. The zero-order chi connectivity index (χ0) is 31.4. The highest BCUT2D eigenvalue weighted by molar-refractivity contribution is 7.98. The Hall–Kier alpha value is -4.31. The van der Waals surface area contributed by atoms with Crippen molar-refractivity contribution >= 4 is 27.4 Å². The van der Waals surface area contributed by atoms with Gasteiger partial charge in [0.25, 0.3) is 0 Å². The van der Waals surface area contributed by atoms with Crippen LogP contribution in [0.1, 0.15) is 41.1 Å². The quantitative estimate of drug-likeness (QED) is 0.172. The maximum Gasteiger partial charge on any atom is 0.402 e. The van der Waals surface area contributed by atoms with Gasteiger partial charge in [0.15, 0.2) is 5.78 Å². The Morgan fingerprint density at radius 1 is 1.16 bits per heavy atom. The molecule has 6 rings (SSSR count). The van der Waals surface area contributed by atoms with E-state index in [1.165, 1.54) is 47.0 Å². The summed E-state index contributed by atoms with van der Waals surface area (Å²) >= 11 is 0. The molecule has 3 heterocycles. The van der Waals surface area contributed by atoms with Crippen LogP contribution in [0.15, 0.2) is 59.7 Å². The van der Waals surface area contributed by atoms with Crippen molar-refractivity contribution in [1.29, 1.82) is 0 Å². The van der Waals surface area contributed by atoms with E-state index in [1.54, 1.807) is 6.08 Å². The molecule has 3 aromatic heterocycles. The summed E-state index contributed by atoms with van der Waals surface area (Å²) in [4.78, 5) is 22.3. The Morgan fingerprint density at radius 2 is 1.91 bits per heavy atom. The molecule has 2 aliphatic rings. The molecule has 0 saturated heterocycles. The number of rotatable bonds is 7. The molecule has 0 aliphatic heterocycles. The maximum absolute atomic E-state index is 14.3. The number of ketones is 1. The van der Waals surface area contributed by atoms with Gasteiger partial charge in [-0.1, -0.05) is 10.8 Å². The van der Waals surface area contributed by atoms with Crippen molar-refractivity contribution in [2.75, 3.05) is 6.54 Å². The Balaban J connectivity index is 1.46. The van der Waals surface area contributed by atoms with Crippen molar-refractivity contribution in [2.24, 2.45) is 12.5 Å². The van der Waals surface area contributed by atoms with Crippen LogP contribution in [0.2, 0.25) is 0 Å². The van der Waals surface area contributed by atoms with E-state index in [2.05, 4.69) is 31.2 Å². The highest BCUT2D eigenvalue weighted by Crippen LogP contribution is 2.51. The van der Waals surface area contributed by atoms with Gasteiger partial charge >= 0.3 is 6.18 Å². The van der Waals surface area contributed by atoms with Crippen LogP contribution in [0, 0.1) is 17.0 Å². The molecule has 1 aromatic carbocycles. The molecule has 0 radical (unpaired) electrons. The smallest absolute Gasteiger partial charge is 0.291 e. The molecule has 10 nitrogen and oxygen atoms in total. The second-order valence-corrected chi connectivity index (χ2v) is 13.0. The van der Waals surface area contributed by atoms with E-state index in [-0.39, 0.29) is 36.5 Å². The number of allylic oxidation sites excluding steroid dienone is 1. The summed E-state index contributed by atoms with van der Waals surface area (Å²) in [5.41, 5.74) is 0.208. The zero-order valence-electron chi connectivity index (χ0n) is 23.2. The Labute approximate surface area is 248 Å². The van der Waals surface area contributed by atoms with Crippen molar-refractivity contribution < 1.29 is 31.0 Å². The topological polar surface area (TPSA) is 112 Å². The number of Topliss-reactive ketones (excluding diaryl/α,β-unsaturated/α-hetero) is 1. The summed E-state index contributed by atoms with van der Waals surface area (Å²) < 4.78 is 87.2. The number of alkyl halides is 3. The second kappa shape index (κ2) is 10.7. The summed E-state index contributed by atoms with van der Waals surface area (Å²) in [5, 5.41) is 12.1. The number of nitrogens with zero attached hydrogens (tertiary/aromatic N) is 8. The van der Waals surface area contributed by atoms with E-state index in [9.17, 15) is 31.0 Å². The van der Waals surface area contributed by atoms with Crippen molar-refractivity contribution in [3.05, 3.63) is 83.2 Å². The van der Waals surface area contributed by atoms with Crippen LogP contribution in [0.3, 0.4) is 0 Å². The Kier molecular flexibility index (Phi) is 7.23. The van der Waals surface area contributed by atoms with Gasteiger partial charge in [-0.2, -0.15) is 13.2 Å². The van der Waals surface area contributed by atoms with Crippen LogP contribution in [0.4, 0.5) is 22.0 Å². The summed E-state index contributed by atoms with van der Waals surface area (Å²) in [6.07, 6.45) is -0.846. The first kappa shape index (κ1) is 29.7. The molecule has 0 spiro atoms. The van der Waals surface area contributed by atoms with E-state index >= 15 is 0 Å². The van der Waals surface area contributed by atoms with Gasteiger partial charge in [0.2, 0.25) is 5.16 Å². The van der Waals surface area contributed by atoms with E-state index in [4.69, 9.17) is 0 Å². The second-order valence-electron chi connectivity index (χ2n) is 10.9.